The van der Waals surface area contributed by atoms with Gasteiger partial charge in [-0.2, -0.15) is 0 Å². The summed E-state index contributed by atoms with van der Waals surface area (Å²) in [5.74, 6) is 1.56. The molecule has 0 aromatic heterocycles. The van der Waals surface area contributed by atoms with Crippen molar-refractivity contribution in [2.75, 3.05) is 0 Å². The minimum absolute atomic E-state index is 0.0947. The monoisotopic (exact) mass is 305 g/mol. The molecule has 3 heteroatoms. The average molecular weight is 305 g/mol. The highest BCUT2D eigenvalue weighted by Gasteiger charge is 1.97. The molecule has 0 saturated heterocycles. The van der Waals surface area contributed by atoms with Crippen molar-refractivity contribution >= 4 is 19.0 Å². The molecule has 3 aromatic rings. The predicted molar refractivity (Wildman–Crippen MR) is 90.1 cm³/mol. The van der Waals surface area contributed by atoms with E-state index in [9.17, 15) is 5.11 Å². The fourth-order valence-corrected chi connectivity index (χ4v) is 2.79. The zero-order chi connectivity index (χ0) is 15.2. The summed E-state index contributed by atoms with van der Waals surface area (Å²) >= 11 is 0. The van der Waals surface area contributed by atoms with Crippen LogP contribution in [0.3, 0.4) is 0 Å². The summed E-state index contributed by atoms with van der Waals surface area (Å²) in [6.45, 7) is 0. The molecule has 0 aliphatic heterocycles. The molecule has 2 nitrogen and oxygen atoms in total. The van der Waals surface area contributed by atoms with Crippen molar-refractivity contribution in [1.82, 2.24) is 0 Å². The maximum absolute atomic E-state index is 12.1. The van der Waals surface area contributed by atoms with Crippen LogP contribution in [0.1, 0.15) is 5.56 Å². The molecule has 22 heavy (non-hydrogen) atoms. The van der Waals surface area contributed by atoms with E-state index in [2.05, 4.69) is 0 Å². The number of hydrogen-bond acceptors (Lipinski definition) is 2. The lowest BCUT2D eigenvalue weighted by molar-refractivity contribution is -0.207. The highest BCUT2D eigenvalue weighted by Crippen LogP contribution is 2.20. The molecule has 0 atom stereocenters. The minimum atomic E-state index is 0.0947. The minimum Gasteiger partial charge on any atom is -0.823 e. The third kappa shape index (κ3) is 3.82. The van der Waals surface area contributed by atoms with Crippen LogP contribution in [0.5, 0.6) is 11.5 Å². The Hall–Kier alpha value is -2.41. The van der Waals surface area contributed by atoms with Crippen molar-refractivity contribution in [3.63, 3.8) is 0 Å². The Bertz CT molecular complexity index is 750. The quantitative estimate of drug-likeness (QED) is 0.690. The van der Waals surface area contributed by atoms with Crippen LogP contribution in [0, 0.1) is 0 Å². The molecule has 0 aliphatic rings. The summed E-state index contributed by atoms with van der Waals surface area (Å²) in [5, 5.41) is 13.1. The van der Waals surface area contributed by atoms with Gasteiger partial charge in [-0.1, -0.05) is 56.7 Å². The van der Waals surface area contributed by atoms with Gasteiger partial charge in [0.25, 0.3) is 0 Å². The van der Waals surface area contributed by atoms with Gasteiger partial charge >= 0.3 is 0 Å². The second-order valence-corrected chi connectivity index (χ2v) is 5.84. The van der Waals surface area contributed by atoms with Crippen molar-refractivity contribution in [1.29, 1.82) is 0 Å². The highest BCUT2D eigenvalue weighted by molar-refractivity contribution is 7.48. The van der Waals surface area contributed by atoms with Gasteiger partial charge in [-0.05, 0) is 42.0 Å². The summed E-state index contributed by atoms with van der Waals surface area (Å²) in [6.07, 6.45) is 0. The summed E-state index contributed by atoms with van der Waals surface area (Å²) in [4.78, 5) is 0. The van der Waals surface area contributed by atoms with Crippen LogP contribution in [-0.4, -0.2) is 5.48 Å². The molecule has 0 saturated carbocycles. The lowest BCUT2D eigenvalue weighted by Gasteiger charge is -2.11. The van der Waals surface area contributed by atoms with Gasteiger partial charge in [-0.25, -0.2) is 0 Å². The molecule has 108 valence electrons. The van der Waals surface area contributed by atoms with Gasteiger partial charge in [-0.3, -0.25) is 0 Å². The molecule has 0 radical (unpaired) electrons. The predicted octanol–water partition coefficient (Wildman–Crippen LogP) is 3.59. The summed E-state index contributed by atoms with van der Waals surface area (Å²) in [5.41, 5.74) is 0.825. The normalized spacial score (nSPS) is 11.2. The molecule has 0 unspecified atom stereocenters. The number of para-hydroxylation sites is 1. The SMILES string of the molecule is [O-]C(=Pc1ccc(Oc2ccccc2)cc1)c1ccccc1. The van der Waals surface area contributed by atoms with Gasteiger partial charge in [0.15, 0.2) is 0 Å². The molecular formula is C19H14O2P-. The molecule has 3 rings (SSSR count). The van der Waals surface area contributed by atoms with E-state index in [1.165, 1.54) is 0 Å². The van der Waals surface area contributed by atoms with Gasteiger partial charge in [0.05, 0.1) is 0 Å². The van der Waals surface area contributed by atoms with Gasteiger partial charge in [0, 0.05) is 5.30 Å². The Labute approximate surface area is 131 Å². The first-order chi connectivity index (χ1) is 10.8. The first kappa shape index (κ1) is 14.5. The zero-order valence-electron chi connectivity index (χ0n) is 11.8. The van der Waals surface area contributed by atoms with Crippen LogP contribution in [0.25, 0.3) is 0 Å². The lowest BCUT2D eigenvalue weighted by atomic mass is 10.2. The maximum atomic E-state index is 12.1. The van der Waals surface area contributed by atoms with E-state index < -0.39 is 0 Å². The van der Waals surface area contributed by atoms with E-state index in [1.54, 1.807) is 0 Å². The fraction of sp³-hybridized carbons (Fsp3) is 0. The Balaban J connectivity index is 1.74. The smallest absolute Gasteiger partial charge is 0.127 e. The number of rotatable bonds is 4. The molecule has 0 spiro atoms. The van der Waals surface area contributed by atoms with Crippen LogP contribution < -0.4 is 15.1 Å². The number of hydrogen-bond donors (Lipinski definition) is 0. The molecule has 0 fully saturated rings. The molecular weight excluding hydrogens is 291 g/mol. The highest BCUT2D eigenvalue weighted by atomic mass is 31.1. The van der Waals surface area contributed by atoms with Gasteiger partial charge < -0.3 is 9.84 Å². The summed E-state index contributed by atoms with van der Waals surface area (Å²) < 4.78 is 5.73. The van der Waals surface area contributed by atoms with E-state index in [0.29, 0.717) is 8.20 Å². The Morgan fingerprint density at radius 1 is 0.682 bits per heavy atom. The van der Waals surface area contributed by atoms with E-state index >= 15 is 0 Å². The third-order valence-corrected chi connectivity index (χ3v) is 4.08. The average Bonchev–Trinajstić information content (AvgIpc) is 2.58. The molecule has 0 bridgehead atoms. The zero-order valence-corrected chi connectivity index (χ0v) is 12.7. The second-order valence-electron chi connectivity index (χ2n) is 4.69. The van der Waals surface area contributed by atoms with Gasteiger partial charge in [-0.15, -0.1) is 5.48 Å². The van der Waals surface area contributed by atoms with Crippen LogP contribution in [0.15, 0.2) is 84.9 Å². The van der Waals surface area contributed by atoms with Crippen LogP contribution in [-0.2, 0) is 0 Å². The van der Waals surface area contributed by atoms with Gasteiger partial charge in [0.2, 0.25) is 0 Å². The van der Waals surface area contributed by atoms with E-state index in [1.807, 2.05) is 84.9 Å². The largest absolute Gasteiger partial charge is 0.823 e. The second kappa shape index (κ2) is 7.04. The van der Waals surface area contributed by atoms with Crippen LogP contribution in [0.4, 0.5) is 0 Å². The van der Waals surface area contributed by atoms with Crippen molar-refractivity contribution in [3.05, 3.63) is 90.5 Å². The van der Waals surface area contributed by atoms with E-state index in [4.69, 9.17) is 4.74 Å². The first-order valence-electron chi connectivity index (χ1n) is 6.95. The molecule has 0 amide bonds. The van der Waals surface area contributed by atoms with E-state index in [-0.39, 0.29) is 5.48 Å². The summed E-state index contributed by atoms with van der Waals surface area (Å²) in [6, 6.07) is 26.6. The number of ether oxygens (including phenoxy) is 1. The Morgan fingerprint density at radius 3 is 1.86 bits per heavy atom. The van der Waals surface area contributed by atoms with Crippen LogP contribution >= 0.6 is 8.20 Å². The maximum Gasteiger partial charge on any atom is 0.127 e. The molecule has 0 aliphatic carbocycles. The molecule has 0 N–H and O–H groups in total. The first-order valence-corrected chi connectivity index (χ1v) is 7.85. The van der Waals surface area contributed by atoms with Crippen LogP contribution in [0.2, 0.25) is 0 Å². The number of benzene rings is 3. The van der Waals surface area contributed by atoms with E-state index in [0.717, 1.165) is 22.4 Å². The van der Waals surface area contributed by atoms with Crippen molar-refractivity contribution < 1.29 is 9.84 Å². The topological polar surface area (TPSA) is 32.3 Å². The molecule has 3 aromatic carbocycles. The van der Waals surface area contributed by atoms with Crippen molar-refractivity contribution in [2.24, 2.45) is 0 Å². The fourth-order valence-electron chi connectivity index (χ4n) is 1.98. The standard InChI is InChI=1S/C19H15O2P/c20-19(15-7-3-1-4-8-15)22-18-13-11-17(12-14-18)21-16-9-5-2-6-10-16/h1-14,20H/p-1. The molecule has 0 heterocycles. The van der Waals surface area contributed by atoms with Crippen molar-refractivity contribution in [3.8, 4) is 11.5 Å². The Morgan fingerprint density at radius 2 is 1.23 bits per heavy atom. The third-order valence-electron chi connectivity index (χ3n) is 3.07. The summed E-state index contributed by atoms with van der Waals surface area (Å²) in [7, 11) is 0.671. The Kier molecular flexibility index (Phi) is 4.65. The van der Waals surface area contributed by atoms with Crippen molar-refractivity contribution in [2.45, 2.75) is 0 Å². The lowest BCUT2D eigenvalue weighted by Crippen LogP contribution is -2.17. The van der Waals surface area contributed by atoms with Gasteiger partial charge in [0.1, 0.15) is 11.5 Å².